The van der Waals surface area contributed by atoms with E-state index in [1.807, 2.05) is 11.8 Å². The summed E-state index contributed by atoms with van der Waals surface area (Å²) in [7, 11) is 0. The Hall–Kier alpha value is -1.43. The van der Waals surface area contributed by atoms with E-state index in [1.165, 1.54) is 16.8 Å². The van der Waals surface area contributed by atoms with Crippen LogP contribution in [0.3, 0.4) is 0 Å². The van der Waals surface area contributed by atoms with Gasteiger partial charge in [0.2, 0.25) is 5.91 Å². The third-order valence-corrected chi connectivity index (χ3v) is 4.83. The van der Waals surface area contributed by atoms with Gasteiger partial charge in [-0.2, -0.15) is 11.8 Å². The Morgan fingerprint density at radius 1 is 1.50 bits per heavy atom. The zero-order valence-corrected chi connectivity index (χ0v) is 12.5. The average molecular weight is 295 g/mol. The van der Waals surface area contributed by atoms with Crippen molar-refractivity contribution in [3.8, 4) is 0 Å². The van der Waals surface area contributed by atoms with Crippen molar-refractivity contribution in [3.63, 3.8) is 0 Å². The molecule has 1 aromatic heterocycles. The number of nitrogens with zero attached hydrogens (tertiary/aromatic N) is 1. The lowest BCUT2D eigenvalue weighted by Crippen LogP contribution is -2.41. The quantitative estimate of drug-likeness (QED) is 0.856. The van der Waals surface area contributed by atoms with Crippen molar-refractivity contribution >= 4 is 23.4 Å². The molecule has 20 heavy (non-hydrogen) atoms. The molecule has 2 rings (SSSR count). The summed E-state index contributed by atoms with van der Waals surface area (Å²) in [5.74, 6) is 0.942. The first-order valence-corrected chi connectivity index (χ1v) is 8.02. The molecule has 1 amide bonds. The van der Waals surface area contributed by atoms with Crippen molar-refractivity contribution in [2.45, 2.75) is 44.0 Å². The fraction of sp³-hybridized carbons (Fsp3) is 0.571. The Morgan fingerprint density at radius 2 is 2.30 bits per heavy atom. The fourth-order valence-electron chi connectivity index (χ4n) is 2.59. The zero-order chi connectivity index (χ0) is 14.5. The third-order valence-electron chi connectivity index (χ3n) is 3.50. The molecule has 0 saturated heterocycles. The fourth-order valence-corrected chi connectivity index (χ4v) is 3.78. The van der Waals surface area contributed by atoms with E-state index < -0.39 is 0 Å². The van der Waals surface area contributed by atoms with Crippen LogP contribution in [0.5, 0.6) is 0 Å². The summed E-state index contributed by atoms with van der Waals surface area (Å²) in [6, 6.07) is 3.15. The second-order valence-corrected chi connectivity index (χ2v) is 6.54. The highest BCUT2D eigenvalue weighted by molar-refractivity contribution is 7.99. The molecule has 0 bridgehead atoms. The van der Waals surface area contributed by atoms with Gasteiger partial charge in [0, 0.05) is 29.2 Å². The molecule has 2 unspecified atom stereocenters. The molecule has 1 aromatic rings. The molecule has 1 saturated carbocycles. The van der Waals surface area contributed by atoms with Crippen LogP contribution in [0.1, 0.15) is 26.2 Å². The smallest absolute Gasteiger partial charge is 0.251 e. The minimum atomic E-state index is -0.208. The minimum absolute atomic E-state index is 0.0316. The molecule has 1 fully saturated rings. The van der Waals surface area contributed by atoms with Crippen molar-refractivity contribution in [1.82, 2.24) is 9.88 Å². The molecule has 3 N–H and O–H groups in total. The van der Waals surface area contributed by atoms with Crippen molar-refractivity contribution in [1.29, 1.82) is 0 Å². The van der Waals surface area contributed by atoms with Gasteiger partial charge in [0.05, 0.1) is 0 Å². The van der Waals surface area contributed by atoms with Crippen LogP contribution in [0.2, 0.25) is 0 Å². The lowest BCUT2D eigenvalue weighted by Gasteiger charge is -2.20. The molecular weight excluding hydrogens is 274 g/mol. The van der Waals surface area contributed by atoms with Crippen LogP contribution < -0.4 is 16.6 Å². The maximum absolute atomic E-state index is 12.1. The van der Waals surface area contributed by atoms with Crippen LogP contribution in [-0.2, 0) is 11.3 Å². The number of anilines is 1. The van der Waals surface area contributed by atoms with Gasteiger partial charge in [0.25, 0.3) is 5.56 Å². The largest absolute Gasteiger partial charge is 0.398 e. The Balaban J connectivity index is 1.95. The number of carbonyl (C=O) groups is 1. The SMILES string of the molecule is CCSC1CCCC1NC(=O)Cn1cc(N)ccc1=O. The Labute approximate surface area is 122 Å². The summed E-state index contributed by atoms with van der Waals surface area (Å²) in [5.41, 5.74) is 5.91. The molecule has 5 nitrogen and oxygen atoms in total. The topological polar surface area (TPSA) is 77.1 Å². The van der Waals surface area contributed by atoms with Gasteiger partial charge in [-0.25, -0.2) is 0 Å². The summed E-state index contributed by atoms with van der Waals surface area (Å²) in [4.78, 5) is 23.7. The number of nitrogen functional groups attached to an aromatic ring is 1. The van der Waals surface area contributed by atoms with Gasteiger partial charge in [-0.1, -0.05) is 13.3 Å². The number of nitrogens with two attached hydrogens (primary N) is 1. The average Bonchev–Trinajstić information content (AvgIpc) is 2.82. The Bertz CT molecular complexity index is 529. The maximum Gasteiger partial charge on any atom is 0.251 e. The lowest BCUT2D eigenvalue weighted by atomic mass is 10.2. The van der Waals surface area contributed by atoms with E-state index in [2.05, 4.69) is 12.2 Å². The highest BCUT2D eigenvalue weighted by Crippen LogP contribution is 2.29. The van der Waals surface area contributed by atoms with E-state index >= 15 is 0 Å². The van der Waals surface area contributed by atoms with Crippen LogP contribution in [0.25, 0.3) is 0 Å². The van der Waals surface area contributed by atoms with Crippen molar-refractivity contribution < 1.29 is 4.79 Å². The first-order valence-electron chi connectivity index (χ1n) is 6.97. The van der Waals surface area contributed by atoms with Gasteiger partial charge < -0.3 is 15.6 Å². The highest BCUT2D eigenvalue weighted by Gasteiger charge is 2.28. The van der Waals surface area contributed by atoms with Gasteiger partial charge in [0.1, 0.15) is 6.54 Å². The molecule has 6 heteroatoms. The molecule has 0 spiro atoms. The maximum atomic E-state index is 12.1. The third kappa shape index (κ3) is 3.79. The van der Waals surface area contributed by atoms with Gasteiger partial charge in [-0.3, -0.25) is 9.59 Å². The second-order valence-electron chi connectivity index (χ2n) is 5.03. The predicted molar refractivity (Wildman–Crippen MR) is 82.8 cm³/mol. The van der Waals surface area contributed by atoms with Crippen molar-refractivity contribution in [2.75, 3.05) is 11.5 Å². The molecule has 2 atom stereocenters. The molecule has 1 aliphatic carbocycles. The van der Waals surface area contributed by atoms with Crippen molar-refractivity contribution in [3.05, 3.63) is 28.7 Å². The summed E-state index contributed by atoms with van der Waals surface area (Å²) in [5, 5.41) is 3.55. The van der Waals surface area contributed by atoms with Gasteiger partial charge in [-0.15, -0.1) is 0 Å². The molecule has 1 aliphatic rings. The van der Waals surface area contributed by atoms with Crippen LogP contribution in [0, 0.1) is 0 Å². The summed E-state index contributed by atoms with van der Waals surface area (Å²) < 4.78 is 1.35. The van der Waals surface area contributed by atoms with E-state index in [4.69, 9.17) is 5.73 Å². The minimum Gasteiger partial charge on any atom is -0.398 e. The van der Waals surface area contributed by atoms with Gasteiger partial charge in [0.15, 0.2) is 0 Å². The highest BCUT2D eigenvalue weighted by atomic mass is 32.2. The van der Waals surface area contributed by atoms with Crippen LogP contribution in [0.4, 0.5) is 5.69 Å². The van der Waals surface area contributed by atoms with Gasteiger partial charge >= 0.3 is 0 Å². The first kappa shape index (κ1) is 15.0. The normalized spacial score (nSPS) is 21.9. The number of pyridine rings is 1. The molecule has 110 valence electrons. The van der Waals surface area contributed by atoms with E-state index in [-0.39, 0.29) is 24.1 Å². The lowest BCUT2D eigenvalue weighted by molar-refractivity contribution is -0.122. The molecule has 0 aliphatic heterocycles. The predicted octanol–water partition coefficient (Wildman–Crippen LogP) is 1.22. The molecule has 0 aromatic carbocycles. The number of rotatable bonds is 5. The molecular formula is C14H21N3O2S. The van der Waals surface area contributed by atoms with E-state index in [0.29, 0.717) is 10.9 Å². The monoisotopic (exact) mass is 295 g/mol. The number of aromatic nitrogens is 1. The van der Waals surface area contributed by atoms with Crippen LogP contribution in [-0.4, -0.2) is 27.5 Å². The molecule has 1 heterocycles. The zero-order valence-electron chi connectivity index (χ0n) is 11.7. The number of hydrogen-bond donors (Lipinski definition) is 2. The summed E-state index contributed by atoms with van der Waals surface area (Å²) >= 11 is 1.90. The van der Waals surface area contributed by atoms with E-state index in [0.717, 1.165) is 25.0 Å². The number of nitrogens with one attached hydrogen (secondary N) is 1. The summed E-state index contributed by atoms with van der Waals surface area (Å²) in [6.07, 6.45) is 4.84. The van der Waals surface area contributed by atoms with Crippen molar-refractivity contribution in [2.24, 2.45) is 0 Å². The number of thioether (sulfide) groups is 1. The van der Waals surface area contributed by atoms with Crippen LogP contribution >= 0.6 is 11.8 Å². The van der Waals surface area contributed by atoms with E-state index in [1.54, 1.807) is 6.07 Å². The number of amides is 1. The standard InChI is InChI=1S/C14H21N3O2S/c1-2-20-12-5-3-4-11(12)16-13(18)9-17-8-10(15)6-7-14(17)19/h6-8,11-12H,2-5,9,15H2,1H3,(H,16,18). The van der Waals surface area contributed by atoms with E-state index in [9.17, 15) is 9.59 Å². The Kier molecular flexibility index (Phi) is 5.11. The van der Waals surface area contributed by atoms with Gasteiger partial charge in [-0.05, 0) is 24.7 Å². The summed E-state index contributed by atoms with van der Waals surface area (Å²) in [6.45, 7) is 2.16. The number of hydrogen-bond acceptors (Lipinski definition) is 4. The molecule has 0 radical (unpaired) electrons. The second kappa shape index (κ2) is 6.83. The number of carbonyl (C=O) groups excluding carboxylic acids is 1. The first-order chi connectivity index (χ1) is 9.60. The van der Waals surface area contributed by atoms with Crippen LogP contribution in [0.15, 0.2) is 23.1 Å². The Morgan fingerprint density at radius 3 is 3.05 bits per heavy atom.